The molecule has 1 aromatic rings. The molecule has 0 unspecified atom stereocenters. The van der Waals surface area contributed by atoms with Crippen LogP contribution in [0.2, 0.25) is 0 Å². The van der Waals surface area contributed by atoms with Gasteiger partial charge in [0.2, 0.25) is 0 Å². The zero-order valence-electron chi connectivity index (χ0n) is 11.6. The first-order valence-electron chi connectivity index (χ1n) is 6.42. The van der Waals surface area contributed by atoms with Crippen molar-refractivity contribution in [3.63, 3.8) is 0 Å². The van der Waals surface area contributed by atoms with E-state index in [9.17, 15) is 4.79 Å². The number of unbranched alkanes of at least 4 members (excludes halogenated alkanes) is 1. The number of hydrogen-bond acceptors (Lipinski definition) is 4. The number of ether oxygens (including phenoxy) is 1. The molecule has 0 heterocycles. The molecule has 0 saturated carbocycles. The van der Waals surface area contributed by atoms with Crippen LogP contribution >= 0.6 is 27.7 Å². The summed E-state index contributed by atoms with van der Waals surface area (Å²) in [7, 11) is 0. The quantitative estimate of drug-likeness (QED) is 0.446. The molecule has 0 aliphatic rings. The molecule has 106 valence electrons. The van der Waals surface area contributed by atoms with E-state index in [1.54, 1.807) is 11.8 Å². The summed E-state index contributed by atoms with van der Waals surface area (Å²) in [4.78, 5) is 12.9. The van der Waals surface area contributed by atoms with Crippen molar-refractivity contribution in [2.45, 2.75) is 31.6 Å². The van der Waals surface area contributed by atoms with Crippen LogP contribution in [-0.4, -0.2) is 25.4 Å². The van der Waals surface area contributed by atoms with E-state index in [1.807, 2.05) is 25.3 Å². The van der Waals surface area contributed by atoms with Crippen LogP contribution in [0, 0.1) is 0 Å². The molecule has 0 atom stereocenters. The Balaban J connectivity index is 3.00. The summed E-state index contributed by atoms with van der Waals surface area (Å²) < 4.78 is 6.06. The SMILES string of the molecule is CCCCNc1cc(C(=O)OCC)cc(SC)c1Br. The van der Waals surface area contributed by atoms with Crippen LogP contribution in [0.5, 0.6) is 0 Å². The van der Waals surface area contributed by atoms with Crippen LogP contribution in [0.4, 0.5) is 5.69 Å². The number of rotatable bonds is 7. The van der Waals surface area contributed by atoms with Crippen molar-refractivity contribution in [1.29, 1.82) is 0 Å². The minimum atomic E-state index is -0.274. The summed E-state index contributed by atoms with van der Waals surface area (Å²) in [6, 6.07) is 3.70. The fourth-order valence-electron chi connectivity index (χ4n) is 1.61. The molecule has 0 spiro atoms. The number of nitrogens with one attached hydrogen (secondary N) is 1. The molecule has 0 bridgehead atoms. The monoisotopic (exact) mass is 345 g/mol. The van der Waals surface area contributed by atoms with Gasteiger partial charge in [0, 0.05) is 11.4 Å². The predicted octanol–water partition coefficient (Wildman–Crippen LogP) is 4.56. The van der Waals surface area contributed by atoms with Crippen molar-refractivity contribution in [1.82, 2.24) is 0 Å². The largest absolute Gasteiger partial charge is 0.462 e. The number of carbonyl (C=O) groups excluding carboxylic acids is 1. The zero-order chi connectivity index (χ0) is 14.3. The second-order valence-electron chi connectivity index (χ2n) is 4.04. The molecule has 0 aromatic heterocycles. The molecule has 0 aliphatic carbocycles. The maximum atomic E-state index is 11.8. The first-order chi connectivity index (χ1) is 9.13. The Labute approximate surface area is 127 Å². The van der Waals surface area contributed by atoms with Gasteiger partial charge in [-0.2, -0.15) is 0 Å². The Hall–Kier alpha value is -0.680. The van der Waals surface area contributed by atoms with Crippen LogP contribution in [0.25, 0.3) is 0 Å². The van der Waals surface area contributed by atoms with E-state index < -0.39 is 0 Å². The summed E-state index contributed by atoms with van der Waals surface area (Å²) in [5.74, 6) is -0.274. The first kappa shape index (κ1) is 16.4. The van der Waals surface area contributed by atoms with Crippen LogP contribution in [0.3, 0.4) is 0 Å². The molecule has 1 aromatic carbocycles. The van der Waals surface area contributed by atoms with Gasteiger partial charge in [0.15, 0.2) is 0 Å². The topological polar surface area (TPSA) is 38.3 Å². The number of carbonyl (C=O) groups is 1. The second kappa shape index (κ2) is 8.48. The number of halogens is 1. The summed E-state index contributed by atoms with van der Waals surface area (Å²) in [5, 5.41) is 3.36. The molecule has 1 rings (SSSR count). The van der Waals surface area contributed by atoms with Crippen LogP contribution in [0.1, 0.15) is 37.0 Å². The van der Waals surface area contributed by atoms with Gasteiger partial charge in [-0.05, 0) is 47.7 Å². The number of benzene rings is 1. The van der Waals surface area contributed by atoms with Crippen molar-refractivity contribution < 1.29 is 9.53 Å². The number of thioether (sulfide) groups is 1. The molecule has 0 amide bonds. The lowest BCUT2D eigenvalue weighted by atomic mass is 10.2. The summed E-state index contributed by atoms with van der Waals surface area (Å²) in [6.45, 7) is 5.25. The highest BCUT2D eigenvalue weighted by Crippen LogP contribution is 2.34. The van der Waals surface area contributed by atoms with Gasteiger partial charge in [0.25, 0.3) is 0 Å². The Morgan fingerprint density at radius 1 is 1.42 bits per heavy atom. The third-order valence-electron chi connectivity index (χ3n) is 2.62. The Morgan fingerprint density at radius 3 is 2.74 bits per heavy atom. The molecular formula is C14H20BrNO2S. The first-order valence-corrected chi connectivity index (χ1v) is 8.44. The molecule has 1 N–H and O–H groups in total. The minimum absolute atomic E-state index is 0.274. The van der Waals surface area contributed by atoms with Crippen molar-refractivity contribution in [2.75, 3.05) is 24.7 Å². The third-order valence-corrected chi connectivity index (χ3v) is 4.49. The average molecular weight is 346 g/mol. The fraction of sp³-hybridized carbons (Fsp3) is 0.500. The highest BCUT2D eigenvalue weighted by Gasteiger charge is 2.13. The smallest absolute Gasteiger partial charge is 0.338 e. The van der Waals surface area contributed by atoms with Gasteiger partial charge in [-0.15, -0.1) is 11.8 Å². The average Bonchev–Trinajstić information content (AvgIpc) is 2.41. The van der Waals surface area contributed by atoms with Crippen molar-refractivity contribution in [3.05, 3.63) is 22.2 Å². The van der Waals surface area contributed by atoms with Crippen LogP contribution < -0.4 is 5.32 Å². The van der Waals surface area contributed by atoms with Crippen molar-refractivity contribution >= 4 is 39.3 Å². The van der Waals surface area contributed by atoms with Crippen molar-refractivity contribution in [2.24, 2.45) is 0 Å². The second-order valence-corrected chi connectivity index (χ2v) is 5.68. The predicted molar refractivity (Wildman–Crippen MR) is 85.3 cm³/mol. The fourth-order valence-corrected chi connectivity index (χ4v) is 3.00. The highest BCUT2D eigenvalue weighted by atomic mass is 79.9. The molecule has 0 fully saturated rings. The zero-order valence-corrected chi connectivity index (χ0v) is 14.0. The van der Waals surface area contributed by atoms with E-state index in [4.69, 9.17) is 4.74 Å². The van der Waals surface area contributed by atoms with E-state index >= 15 is 0 Å². The van der Waals surface area contributed by atoms with Gasteiger partial charge in [-0.3, -0.25) is 0 Å². The van der Waals surface area contributed by atoms with E-state index in [0.717, 1.165) is 34.4 Å². The lowest BCUT2D eigenvalue weighted by Gasteiger charge is -2.13. The van der Waals surface area contributed by atoms with Gasteiger partial charge in [-0.1, -0.05) is 13.3 Å². The summed E-state index contributed by atoms with van der Waals surface area (Å²) >= 11 is 5.18. The van der Waals surface area contributed by atoms with E-state index in [1.165, 1.54) is 0 Å². The number of hydrogen-bond donors (Lipinski definition) is 1. The lowest BCUT2D eigenvalue weighted by molar-refractivity contribution is 0.0526. The lowest BCUT2D eigenvalue weighted by Crippen LogP contribution is -2.08. The van der Waals surface area contributed by atoms with E-state index in [-0.39, 0.29) is 5.97 Å². The molecule has 0 saturated heterocycles. The molecular weight excluding hydrogens is 326 g/mol. The van der Waals surface area contributed by atoms with Crippen LogP contribution in [0.15, 0.2) is 21.5 Å². The van der Waals surface area contributed by atoms with E-state index in [2.05, 4.69) is 28.2 Å². The van der Waals surface area contributed by atoms with E-state index in [0.29, 0.717) is 12.2 Å². The molecule has 19 heavy (non-hydrogen) atoms. The molecule has 5 heteroatoms. The van der Waals surface area contributed by atoms with Gasteiger partial charge in [0.1, 0.15) is 0 Å². The summed E-state index contributed by atoms with van der Waals surface area (Å²) in [6.07, 6.45) is 4.23. The maximum absolute atomic E-state index is 11.8. The minimum Gasteiger partial charge on any atom is -0.462 e. The summed E-state index contributed by atoms with van der Waals surface area (Å²) in [5.41, 5.74) is 1.54. The Morgan fingerprint density at radius 2 is 2.16 bits per heavy atom. The normalized spacial score (nSPS) is 10.3. The van der Waals surface area contributed by atoms with Gasteiger partial charge >= 0.3 is 5.97 Å². The van der Waals surface area contributed by atoms with Gasteiger partial charge in [0.05, 0.1) is 22.3 Å². The third kappa shape index (κ3) is 4.73. The Bertz CT molecular complexity index is 438. The Kier molecular flexibility index (Phi) is 7.31. The molecule has 0 aliphatic heterocycles. The molecule has 0 radical (unpaired) electrons. The highest BCUT2D eigenvalue weighted by molar-refractivity contribution is 9.10. The maximum Gasteiger partial charge on any atom is 0.338 e. The van der Waals surface area contributed by atoms with Crippen molar-refractivity contribution in [3.8, 4) is 0 Å². The van der Waals surface area contributed by atoms with Gasteiger partial charge in [-0.25, -0.2) is 4.79 Å². The number of anilines is 1. The van der Waals surface area contributed by atoms with Gasteiger partial charge < -0.3 is 10.1 Å². The molecule has 3 nitrogen and oxygen atoms in total. The standard InChI is InChI=1S/C14H20BrNO2S/c1-4-6-7-16-11-8-10(14(17)18-5-2)9-12(19-3)13(11)15/h8-9,16H,4-7H2,1-3H3. The number of esters is 1. The van der Waals surface area contributed by atoms with Crippen LogP contribution in [-0.2, 0) is 4.74 Å².